The molecule has 0 radical (unpaired) electrons. The molecule has 0 aromatic carbocycles. The largest absolute Gasteiger partial charge is 0.354 e. The zero-order chi connectivity index (χ0) is 17.6. The lowest BCUT2D eigenvalue weighted by Crippen LogP contribution is -2.36. The first-order valence-corrected chi connectivity index (χ1v) is 8.97. The minimum Gasteiger partial charge on any atom is -0.354 e. The van der Waals surface area contributed by atoms with Crippen molar-refractivity contribution in [1.82, 2.24) is 24.8 Å². The van der Waals surface area contributed by atoms with Crippen LogP contribution in [0.5, 0.6) is 0 Å². The van der Waals surface area contributed by atoms with E-state index in [9.17, 15) is 4.79 Å². The summed E-state index contributed by atoms with van der Waals surface area (Å²) in [7, 11) is 0. The summed E-state index contributed by atoms with van der Waals surface area (Å²) in [5.74, 6) is 1.03. The second-order valence-corrected chi connectivity index (χ2v) is 7.33. The maximum Gasteiger partial charge on any atom is 0.255 e. The molecule has 1 saturated carbocycles. The van der Waals surface area contributed by atoms with Gasteiger partial charge in [-0.25, -0.2) is 9.97 Å². The van der Waals surface area contributed by atoms with Gasteiger partial charge in [-0.15, -0.1) is 0 Å². The number of nitrogens with one attached hydrogen (secondary N) is 1. The molecule has 7 heteroatoms. The number of aromatic nitrogens is 4. The molecule has 2 aliphatic rings. The van der Waals surface area contributed by atoms with Gasteiger partial charge in [0.05, 0.1) is 10.9 Å². The Balaban J connectivity index is 1.44. The van der Waals surface area contributed by atoms with Crippen molar-refractivity contribution < 1.29 is 4.79 Å². The van der Waals surface area contributed by atoms with E-state index in [0.717, 1.165) is 49.3 Å². The molecule has 0 unspecified atom stereocenters. The zero-order valence-electron chi connectivity index (χ0n) is 14.4. The van der Waals surface area contributed by atoms with Gasteiger partial charge in [0.15, 0.2) is 0 Å². The predicted molar refractivity (Wildman–Crippen MR) is 97.9 cm³/mol. The summed E-state index contributed by atoms with van der Waals surface area (Å²) in [6, 6.07) is 5.67. The molecule has 132 valence electrons. The lowest BCUT2D eigenvalue weighted by Gasteiger charge is -2.25. The second kappa shape index (κ2) is 5.79. The van der Waals surface area contributed by atoms with Gasteiger partial charge in [-0.05, 0) is 31.0 Å². The minimum atomic E-state index is 0.0701. The predicted octanol–water partition coefficient (Wildman–Crippen LogP) is 2.10. The summed E-state index contributed by atoms with van der Waals surface area (Å²) in [5.41, 5.74) is 1.70. The summed E-state index contributed by atoms with van der Waals surface area (Å²) < 4.78 is 0. The molecule has 0 atom stereocenters. The Labute approximate surface area is 151 Å². The monoisotopic (exact) mass is 348 g/mol. The highest BCUT2D eigenvalue weighted by atomic mass is 16.2. The van der Waals surface area contributed by atoms with Crippen LogP contribution in [0.4, 0.5) is 5.82 Å². The number of rotatable bonds is 2. The van der Waals surface area contributed by atoms with Crippen molar-refractivity contribution in [2.45, 2.75) is 12.8 Å². The number of carbonyl (C=O) groups excluding carboxylic acids is 1. The van der Waals surface area contributed by atoms with Gasteiger partial charge in [0.2, 0.25) is 0 Å². The number of amides is 1. The Hall–Kier alpha value is -2.96. The van der Waals surface area contributed by atoms with Crippen molar-refractivity contribution in [2.24, 2.45) is 5.41 Å². The van der Waals surface area contributed by atoms with Crippen molar-refractivity contribution >= 4 is 22.8 Å². The molecule has 1 N–H and O–H groups in total. The van der Waals surface area contributed by atoms with Crippen LogP contribution in [-0.2, 0) is 0 Å². The van der Waals surface area contributed by atoms with Crippen LogP contribution in [-0.4, -0.2) is 56.9 Å². The fourth-order valence-corrected chi connectivity index (χ4v) is 3.89. The molecule has 7 nitrogen and oxygen atoms in total. The molecule has 3 aromatic rings. The number of carbonyl (C=O) groups is 1. The summed E-state index contributed by atoms with van der Waals surface area (Å²) >= 11 is 0. The van der Waals surface area contributed by atoms with E-state index in [1.807, 2.05) is 29.3 Å². The molecular formula is C19H20N6O. The molecule has 1 amide bonds. The van der Waals surface area contributed by atoms with Gasteiger partial charge in [-0.1, -0.05) is 0 Å². The molecule has 4 heterocycles. The Kier molecular flexibility index (Phi) is 3.41. The van der Waals surface area contributed by atoms with E-state index < -0.39 is 0 Å². The molecule has 1 aliphatic heterocycles. The van der Waals surface area contributed by atoms with Crippen LogP contribution in [0.1, 0.15) is 23.2 Å². The first kappa shape index (κ1) is 15.3. The number of nitrogens with zero attached hydrogens (tertiary/aromatic N) is 5. The Morgan fingerprint density at radius 2 is 2.08 bits per heavy atom. The summed E-state index contributed by atoms with van der Waals surface area (Å²) in [6.45, 7) is 3.19. The normalized spacial score (nSPS) is 18.9. The van der Waals surface area contributed by atoms with Crippen LogP contribution in [0.2, 0.25) is 0 Å². The van der Waals surface area contributed by atoms with Gasteiger partial charge in [-0.3, -0.25) is 9.78 Å². The first-order chi connectivity index (χ1) is 12.7. The molecule has 1 aliphatic carbocycles. The third-order valence-corrected chi connectivity index (χ3v) is 5.48. The maximum atomic E-state index is 12.9. The number of hydrogen-bond acceptors (Lipinski definition) is 5. The number of hydrogen-bond donors (Lipinski definition) is 1. The van der Waals surface area contributed by atoms with E-state index in [-0.39, 0.29) is 11.3 Å². The summed E-state index contributed by atoms with van der Waals surface area (Å²) in [5, 5.41) is 1.04. The SMILES string of the molecule is O=C(c1cccnc1)N1CCN(c2ncnc3[nH]ccc23)CC2(CC2)C1. The Bertz CT molecular complexity index is 949. The summed E-state index contributed by atoms with van der Waals surface area (Å²) in [4.78, 5) is 33.3. The van der Waals surface area contributed by atoms with Gasteiger partial charge in [-0.2, -0.15) is 0 Å². The maximum absolute atomic E-state index is 12.9. The topological polar surface area (TPSA) is 78.0 Å². The lowest BCUT2D eigenvalue weighted by atomic mass is 10.1. The Morgan fingerprint density at radius 1 is 1.15 bits per heavy atom. The van der Waals surface area contributed by atoms with Gasteiger partial charge in [0, 0.05) is 50.2 Å². The van der Waals surface area contributed by atoms with Gasteiger partial charge < -0.3 is 14.8 Å². The molecule has 0 bridgehead atoms. The average molecular weight is 348 g/mol. The third kappa shape index (κ3) is 2.60. The average Bonchev–Trinajstić information content (AvgIpc) is 3.32. The molecule has 1 spiro atoms. The van der Waals surface area contributed by atoms with E-state index in [0.29, 0.717) is 12.1 Å². The van der Waals surface area contributed by atoms with E-state index in [1.54, 1.807) is 18.7 Å². The van der Waals surface area contributed by atoms with Gasteiger partial charge in [0.25, 0.3) is 5.91 Å². The van der Waals surface area contributed by atoms with E-state index >= 15 is 0 Å². The second-order valence-electron chi connectivity index (χ2n) is 7.33. The van der Waals surface area contributed by atoms with Crippen molar-refractivity contribution in [2.75, 3.05) is 31.1 Å². The minimum absolute atomic E-state index is 0.0701. The van der Waals surface area contributed by atoms with Crippen molar-refractivity contribution in [3.63, 3.8) is 0 Å². The fourth-order valence-electron chi connectivity index (χ4n) is 3.89. The first-order valence-electron chi connectivity index (χ1n) is 8.97. The van der Waals surface area contributed by atoms with Crippen molar-refractivity contribution in [3.05, 3.63) is 48.7 Å². The van der Waals surface area contributed by atoms with Crippen LogP contribution in [0, 0.1) is 5.41 Å². The smallest absolute Gasteiger partial charge is 0.255 e. The van der Waals surface area contributed by atoms with Crippen LogP contribution in [0.15, 0.2) is 43.1 Å². The molecule has 3 aromatic heterocycles. The van der Waals surface area contributed by atoms with E-state index in [2.05, 4.69) is 24.8 Å². The number of anilines is 1. The molecular weight excluding hydrogens is 328 g/mol. The van der Waals surface area contributed by atoms with E-state index in [4.69, 9.17) is 0 Å². The van der Waals surface area contributed by atoms with Crippen LogP contribution in [0.25, 0.3) is 11.0 Å². The highest BCUT2D eigenvalue weighted by Gasteiger charge is 2.48. The Morgan fingerprint density at radius 3 is 2.88 bits per heavy atom. The summed E-state index contributed by atoms with van der Waals surface area (Å²) in [6.07, 6.45) is 9.16. The van der Waals surface area contributed by atoms with Crippen LogP contribution < -0.4 is 4.90 Å². The van der Waals surface area contributed by atoms with Crippen LogP contribution in [0.3, 0.4) is 0 Å². The number of H-pyrrole nitrogens is 1. The number of aromatic amines is 1. The number of pyridine rings is 1. The number of fused-ring (bicyclic) bond motifs is 1. The molecule has 2 fully saturated rings. The molecule has 1 saturated heterocycles. The highest BCUT2D eigenvalue weighted by molar-refractivity contribution is 5.94. The van der Waals surface area contributed by atoms with Crippen molar-refractivity contribution in [3.8, 4) is 0 Å². The van der Waals surface area contributed by atoms with Crippen LogP contribution >= 0.6 is 0 Å². The lowest BCUT2D eigenvalue weighted by molar-refractivity contribution is 0.0740. The quantitative estimate of drug-likeness (QED) is 0.767. The van der Waals surface area contributed by atoms with Gasteiger partial charge in [0.1, 0.15) is 17.8 Å². The third-order valence-electron chi connectivity index (χ3n) is 5.48. The highest BCUT2D eigenvalue weighted by Crippen LogP contribution is 2.48. The van der Waals surface area contributed by atoms with Gasteiger partial charge >= 0.3 is 0 Å². The zero-order valence-corrected chi connectivity index (χ0v) is 14.4. The fraction of sp³-hybridized carbons (Fsp3) is 0.368. The molecule has 5 rings (SSSR count). The molecule has 26 heavy (non-hydrogen) atoms. The van der Waals surface area contributed by atoms with Crippen molar-refractivity contribution in [1.29, 1.82) is 0 Å². The standard InChI is InChI=1S/C19H20N6O/c26-18(14-2-1-6-20-10-14)25-9-8-24(11-19(12-25)4-5-19)17-15-3-7-21-16(15)22-13-23-17/h1-3,6-7,10,13H,4-5,8-9,11-12H2,(H,21,22,23). The van der Waals surface area contributed by atoms with E-state index in [1.165, 1.54) is 0 Å².